The number of nitrogens with zero attached hydrogens (tertiary/aromatic N) is 4. The molecule has 2 atom stereocenters. The lowest BCUT2D eigenvalue weighted by molar-refractivity contribution is 0.548. The van der Waals surface area contributed by atoms with Crippen molar-refractivity contribution < 1.29 is 0 Å². The molecular weight excluding hydrogens is 414 g/mol. The van der Waals surface area contributed by atoms with Gasteiger partial charge in [0, 0.05) is 35.0 Å². The highest BCUT2D eigenvalue weighted by Crippen LogP contribution is 2.42. The number of halogens is 1. The first-order valence-corrected chi connectivity index (χ1v) is 10.4. The lowest BCUT2D eigenvalue weighted by Gasteiger charge is -2.28. The van der Waals surface area contributed by atoms with Crippen LogP contribution in [0.25, 0.3) is 5.82 Å². The summed E-state index contributed by atoms with van der Waals surface area (Å²) < 4.78 is 2.10. The molecule has 0 bridgehead atoms. The van der Waals surface area contributed by atoms with E-state index < -0.39 is 0 Å². The smallest absolute Gasteiger partial charge is 0.174 e. The zero-order valence-electron chi connectivity index (χ0n) is 15.9. The highest BCUT2D eigenvalue weighted by Gasteiger charge is 2.42. The largest absolute Gasteiger partial charge is 0.351 e. The minimum atomic E-state index is -0.120. The molecule has 0 amide bonds. The normalized spacial score (nSPS) is 18.4. The number of thiocarbonyl (C=S) groups is 1. The summed E-state index contributed by atoms with van der Waals surface area (Å²) in [7, 11) is 0. The fraction of sp³-hybridized carbons (Fsp3) is 0.0870. The Morgan fingerprint density at radius 1 is 0.867 bits per heavy atom. The maximum absolute atomic E-state index is 6.13. The van der Waals surface area contributed by atoms with Gasteiger partial charge < -0.3 is 14.8 Å². The molecule has 0 spiro atoms. The molecule has 1 aliphatic rings. The first-order valence-electron chi connectivity index (χ1n) is 9.57. The molecule has 5 rings (SSSR count). The van der Waals surface area contributed by atoms with Crippen molar-refractivity contribution in [2.45, 2.75) is 12.1 Å². The van der Waals surface area contributed by atoms with Gasteiger partial charge in [0.05, 0.1) is 11.7 Å². The summed E-state index contributed by atoms with van der Waals surface area (Å²) in [6.07, 6.45) is 5.62. The number of pyridine rings is 2. The van der Waals surface area contributed by atoms with Gasteiger partial charge in [0.2, 0.25) is 0 Å². The average Bonchev–Trinajstić information content (AvgIpc) is 3.40. The molecule has 1 aliphatic heterocycles. The maximum atomic E-state index is 6.13. The minimum Gasteiger partial charge on any atom is -0.351 e. The molecule has 4 aromatic rings. The van der Waals surface area contributed by atoms with Crippen molar-refractivity contribution in [2.24, 2.45) is 0 Å². The van der Waals surface area contributed by atoms with E-state index >= 15 is 0 Å². The second-order valence-electron chi connectivity index (χ2n) is 6.96. The quantitative estimate of drug-likeness (QED) is 0.455. The van der Waals surface area contributed by atoms with Gasteiger partial charge in [-0.3, -0.25) is 4.98 Å². The summed E-state index contributed by atoms with van der Waals surface area (Å²) in [4.78, 5) is 11.3. The monoisotopic (exact) mass is 431 g/mol. The topological polar surface area (TPSA) is 46.0 Å². The first-order chi connectivity index (χ1) is 14.7. The molecule has 1 aromatic carbocycles. The molecule has 0 radical (unpaired) electrons. The van der Waals surface area contributed by atoms with Crippen molar-refractivity contribution in [2.75, 3.05) is 4.90 Å². The highest BCUT2D eigenvalue weighted by atomic mass is 35.5. The van der Waals surface area contributed by atoms with Crippen molar-refractivity contribution in [3.8, 4) is 5.82 Å². The Morgan fingerprint density at radius 2 is 1.63 bits per heavy atom. The van der Waals surface area contributed by atoms with Gasteiger partial charge in [-0.05, 0) is 72.9 Å². The van der Waals surface area contributed by atoms with Gasteiger partial charge in [-0.1, -0.05) is 23.7 Å². The summed E-state index contributed by atoms with van der Waals surface area (Å²) in [5, 5.41) is 4.81. The van der Waals surface area contributed by atoms with Gasteiger partial charge in [-0.25, -0.2) is 4.98 Å². The molecule has 148 valence electrons. The number of hydrogen-bond donors (Lipinski definition) is 1. The third kappa shape index (κ3) is 3.34. The number of anilines is 1. The second-order valence-corrected chi connectivity index (χ2v) is 7.79. The van der Waals surface area contributed by atoms with Crippen molar-refractivity contribution in [1.82, 2.24) is 19.9 Å². The lowest BCUT2D eigenvalue weighted by atomic mass is 10.0. The SMILES string of the molecule is S=C1N[C@H](c2ccccn2)[C@@H](c2cccn2-c2ccccn2)N1c1ccc(Cl)cc1. The van der Waals surface area contributed by atoms with Crippen LogP contribution < -0.4 is 10.2 Å². The van der Waals surface area contributed by atoms with E-state index in [2.05, 4.69) is 30.8 Å². The number of hydrogen-bond acceptors (Lipinski definition) is 3. The summed E-state index contributed by atoms with van der Waals surface area (Å²) in [6.45, 7) is 0. The standard InChI is InChI=1S/C23H18ClN5S/c24-16-9-11-17(12-10-16)29-22(21(27-23(29)30)18-6-1-3-13-25-18)19-7-5-15-28(19)20-8-2-4-14-26-20/h1-15,21-22H,(H,27,30)/t21-,22-/m1/s1. The number of rotatable bonds is 4. The zero-order valence-corrected chi connectivity index (χ0v) is 17.5. The predicted octanol–water partition coefficient (Wildman–Crippen LogP) is 5.10. The molecule has 3 aromatic heterocycles. The fourth-order valence-corrected chi connectivity index (χ4v) is 4.35. The molecule has 30 heavy (non-hydrogen) atoms. The molecule has 0 unspecified atom stereocenters. The van der Waals surface area contributed by atoms with Gasteiger partial charge in [-0.15, -0.1) is 0 Å². The Labute approximate surface area is 185 Å². The van der Waals surface area contributed by atoms with Crippen LogP contribution in [0.2, 0.25) is 5.02 Å². The van der Waals surface area contributed by atoms with Crippen LogP contribution >= 0.6 is 23.8 Å². The van der Waals surface area contributed by atoms with Crippen molar-refractivity contribution >= 4 is 34.6 Å². The molecule has 0 saturated carbocycles. The lowest BCUT2D eigenvalue weighted by Crippen LogP contribution is -2.30. The van der Waals surface area contributed by atoms with Crippen LogP contribution in [0.5, 0.6) is 0 Å². The number of nitrogens with one attached hydrogen (secondary N) is 1. The van der Waals surface area contributed by atoms with Gasteiger partial charge in [0.25, 0.3) is 0 Å². The van der Waals surface area contributed by atoms with Crippen LogP contribution in [0.4, 0.5) is 5.69 Å². The summed E-state index contributed by atoms with van der Waals surface area (Å²) in [5.41, 5.74) is 2.95. The van der Waals surface area contributed by atoms with E-state index in [0.29, 0.717) is 10.1 Å². The Kier molecular flexibility index (Phi) is 4.94. The Bertz CT molecular complexity index is 1160. The fourth-order valence-electron chi connectivity index (χ4n) is 3.88. The van der Waals surface area contributed by atoms with Crippen LogP contribution in [0.3, 0.4) is 0 Å². The van der Waals surface area contributed by atoms with E-state index in [9.17, 15) is 0 Å². The van der Waals surface area contributed by atoms with Crippen LogP contribution in [-0.2, 0) is 0 Å². The summed E-state index contributed by atoms with van der Waals surface area (Å²) in [5.74, 6) is 0.853. The molecular formula is C23H18ClN5S. The second kappa shape index (κ2) is 7.89. The van der Waals surface area contributed by atoms with Gasteiger partial charge >= 0.3 is 0 Å². The highest BCUT2D eigenvalue weighted by molar-refractivity contribution is 7.80. The van der Waals surface area contributed by atoms with Crippen LogP contribution in [0, 0.1) is 0 Å². The van der Waals surface area contributed by atoms with E-state index in [0.717, 1.165) is 22.9 Å². The van der Waals surface area contributed by atoms with E-state index in [1.165, 1.54) is 0 Å². The molecule has 1 saturated heterocycles. The van der Waals surface area contributed by atoms with Crippen LogP contribution in [0.15, 0.2) is 91.4 Å². The van der Waals surface area contributed by atoms with E-state index in [1.54, 1.807) is 12.4 Å². The van der Waals surface area contributed by atoms with E-state index in [4.69, 9.17) is 23.8 Å². The molecule has 7 heteroatoms. The average molecular weight is 432 g/mol. The molecule has 4 heterocycles. The molecule has 1 N–H and O–H groups in total. The van der Waals surface area contributed by atoms with Crippen molar-refractivity contribution in [3.63, 3.8) is 0 Å². The van der Waals surface area contributed by atoms with Crippen molar-refractivity contribution in [1.29, 1.82) is 0 Å². The van der Waals surface area contributed by atoms with E-state index in [1.807, 2.05) is 72.9 Å². The third-order valence-corrected chi connectivity index (χ3v) is 5.75. The summed E-state index contributed by atoms with van der Waals surface area (Å²) >= 11 is 11.9. The van der Waals surface area contributed by atoms with Gasteiger partial charge in [0.1, 0.15) is 11.9 Å². The van der Waals surface area contributed by atoms with Crippen molar-refractivity contribution in [3.05, 3.63) is 108 Å². The minimum absolute atomic E-state index is 0.119. The van der Waals surface area contributed by atoms with Gasteiger partial charge in [0.15, 0.2) is 5.11 Å². The maximum Gasteiger partial charge on any atom is 0.174 e. The number of benzene rings is 1. The predicted molar refractivity (Wildman–Crippen MR) is 123 cm³/mol. The van der Waals surface area contributed by atoms with E-state index in [-0.39, 0.29) is 12.1 Å². The third-order valence-electron chi connectivity index (χ3n) is 5.18. The summed E-state index contributed by atoms with van der Waals surface area (Å²) in [6, 6.07) is 23.4. The van der Waals surface area contributed by atoms with Crippen LogP contribution in [-0.4, -0.2) is 19.6 Å². The number of aromatic nitrogens is 3. The Balaban J connectivity index is 1.67. The Morgan fingerprint density at radius 3 is 2.33 bits per heavy atom. The van der Waals surface area contributed by atoms with Gasteiger partial charge in [-0.2, -0.15) is 0 Å². The Hall–Kier alpha value is -3.22. The molecule has 0 aliphatic carbocycles. The molecule has 5 nitrogen and oxygen atoms in total. The zero-order chi connectivity index (χ0) is 20.5. The first kappa shape index (κ1) is 18.8. The van der Waals surface area contributed by atoms with Crippen LogP contribution in [0.1, 0.15) is 23.5 Å². The molecule has 1 fully saturated rings.